The number of carbonyl (C=O) groups is 2. The first kappa shape index (κ1) is 15.9. The molecule has 2 amide bonds. The van der Waals surface area contributed by atoms with Gasteiger partial charge in [-0.15, -0.1) is 0 Å². The Labute approximate surface area is 132 Å². The minimum atomic E-state index is -0.818. The number of anilines is 2. The largest absolute Gasteiger partial charge is 0.508 e. The monoisotopic (exact) mass is 318 g/mol. The molecular weight excluding hydrogens is 304 g/mol. The van der Waals surface area contributed by atoms with Crippen molar-refractivity contribution < 1.29 is 14.7 Å². The molecule has 0 radical (unpaired) electrons. The van der Waals surface area contributed by atoms with Gasteiger partial charge < -0.3 is 15.7 Å². The number of halogens is 1. The zero-order valence-corrected chi connectivity index (χ0v) is 12.9. The Balaban J connectivity index is 2.09. The van der Waals surface area contributed by atoms with Crippen LogP contribution in [-0.2, 0) is 9.59 Å². The fourth-order valence-corrected chi connectivity index (χ4v) is 2.35. The Morgan fingerprint density at radius 3 is 2.18 bits per heavy atom. The summed E-state index contributed by atoms with van der Waals surface area (Å²) in [5, 5.41) is 14.5. The maximum absolute atomic E-state index is 11.9. The quantitative estimate of drug-likeness (QED) is 0.587. The van der Waals surface area contributed by atoms with Gasteiger partial charge in [0.2, 0.25) is 0 Å². The molecule has 2 aromatic carbocycles. The fourth-order valence-electron chi connectivity index (χ4n) is 1.98. The summed E-state index contributed by atoms with van der Waals surface area (Å²) in [6.45, 7) is 3.69. The van der Waals surface area contributed by atoms with Crippen LogP contribution in [0.4, 0.5) is 11.4 Å². The Bertz CT molecular complexity index is 704. The van der Waals surface area contributed by atoms with E-state index in [1.807, 2.05) is 13.0 Å². The molecular formula is C16H15ClN2O3. The molecule has 0 atom stereocenters. The fraction of sp³-hybridized carbons (Fsp3) is 0.125. The summed E-state index contributed by atoms with van der Waals surface area (Å²) < 4.78 is 0. The van der Waals surface area contributed by atoms with E-state index in [-0.39, 0.29) is 5.75 Å². The number of carbonyl (C=O) groups excluding carboxylic acids is 2. The zero-order chi connectivity index (χ0) is 16.3. The maximum Gasteiger partial charge on any atom is 0.314 e. The van der Waals surface area contributed by atoms with Gasteiger partial charge in [-0.05, 0) is 55.3 Å². The molecule has 0 heterocycles. The van der Waals surface area contributed by atoms with Gasteiger partial charge in [-0.2, -0.15) is 0 Å². The summed E-state index contributed by atoms with van der Waals surface area (Å²) >= 11 is 6.09. The molecule has 0 aliphatic carbocycles. The van der Waals surface area contributed by atoms with Crippen LogP contribution < -0.4 is 10.6 Å². The van der Waals surface area contributed by atoms with E-state index in [0.717, 1.165) is 11.1 Å². The van der Waals surface area contributed by atoms with Crippen molar-refractivity contribution in [3.05, 3.63) is 52.5 Å². The summed E-state index contributed by atoms with van der Waals surface area (Å²) in [4.78, 5) is 23.8. The van der Waals surface area contributed by atoms with Gasteiger partial charge in [-0.25, -0.2) is 0 Å². The van der Waals surface area contributed by atoms with E-state index < -0.39 is 11.8 Å². The lowest BCUT2D eigenvalue weighted by Gasteiger charge is -2.11. The topological polar surface area (TPSA) is 78.4 Å². The molecule has 0 spiro atoms. The van der Waals surface area contributed by atoms with E-state index >= 15 is 0 Å². The summed E-state index contributed by atoms with van der Waals surface area (Å²) in [5.41, 5.74) is 2.56. The molecule has 3 N–H and O–H groups in total. The molecule has 0 unspecified atom stereocenters. The number of aryl methyl sites for hydroxylation is 2. The lowest BCUT2D eigenvalue weighted by molar-refractivity contribution is -0.133. The highest BCUT2D eigenvalue weighted by molar-refractivity contribution is 6.45. The highest BCUT2D eigenvalue weighted by Crippen LogP contribution is 2.27. The number of nitrogens with one attached hydrogen (secondary N) is 2. The second-order valence-electron chi connectivity index (χ2n) is 4.89. The molecule has 0 aliphatic rings. The van der Waals surface area contributed by atoms with E-state index in [2.05, 4.69) is 10.6 Å². The molecule has 5 nitrogen and oxygen atoms in total. The molecule has 0 aliphatic heterocycles. The van der Waals surface area contributed by atoms with E-state index in [0.29, 0.717) is 16.4 Å². The van der Waals surface area contributed by atoms with Crippen LogP contribution in [0.5, 0.6) is 5.75 Å². The number of amides is 2. The van der Waals surface area contributed by atoms with E-state index in [4.69, 9.17) is 11.6 Å². The predicted octanol–water partition coefficient (Wildman–Crippen LogP) is 3.24. The van der Waals surface area contributed by atoms with Crippen LogP contribution >= 0.6 is 11.6 Å². The van der Waals surface area contributed by atoms with E-state index in [9.17, 15) is 14.7 Å². The third kappa shape index (κ3) is 3.77. The van der Waals surface area contributed by atoms with Crippen molar-refractivity contribution in [1.82, 2.24) is 0 Å². The Morgan fingerprint density at radius 1 is 1.00 bits per heavy atom. The number of hydrogen-bond acceptors (Lipinski definition) is 3. The lowest BCUT2D eigenvalue weighted by atomic mass is 10.1. The number of benzene rings is 2. The average molecular weight is 319 g/mol. The van der Waals surface area contributed by atoms with Crippen LogP contribution in [0.15, 0.2) is 36.4 Å². The molecule has 0 bridgehead atoms. The van der Waals surface area contributed by atoms with E-state index in [1.165, 1.54) is 24.3 Å². The van der Waals surface area contributed by atoms with Crippen LogP contribution in [-0.4, -0.2) is 16.9 Å². The van der Waals surface area contributed by atoms with Crippen LogP contribution in [0.2, 0.25) is 5.02 Å². The number of rotatable bonds is 2. The van der Waals surface area contributed by atoms with Crippen molar-refractivity contribution in [2.75, 3.05) is 10.6 Å². The van der Waals surface area contributed by atoms with Crippen molar-refractivity contribution in [3.8, 4) is 5.75 Å². The summed E-state index contributed by atoms with van der Waals surface area (Å²) in [5.74, 6) is -1.56. The van der Waals surface area contributed by atoms with Crippen molar-refractivity contribution in [1.29, 1.82) is 0 Å². The molecule has 0 fully saturated rings. The van der Waals surface area contributed by atoms with Crippen molar-refractivity contribution in [3.63, 3.8) is 0 Å². The molecule has 2 aromatic rings. The van der Waals surface area contributed by atoms with Gasteiger partial charge >= 0.3 is 11.8 Å². The number of phenolic OH excluding ortho intramolecular Hbond substituents is 1. The first-order valence-corrected chi connectivity index (χ1v) is 6.92. The van der Waals surface area contributed by atoms with Gasteiger partial charge in [-0.1, -0.05) is 17.7 Å². The van der Waals surface area contributed by atoms with Crippen LogP contribution in [0.3, 0.4) is 0 Å². The van der Waals surface area contributed by atoms with Crippen molar-refractivity contribution in [2.45, 2.75) is 13.8 Å². The van der Waals surface area contributed by atoms with Crippen LogP contribution in [0.1, 0.15) is 11.1 Å². The second kappa shape index (κ2) is 6.49. The van der Waals surface area contributed by atoms with Crippen molar-refractivity contribution in [2.24, 2.45) is 0 Å². The molecule has 0 saturated carbocycles. The second-order valence-corrected chi connectivity index (χ2v) is 5.30. The van der Waals surface area contributed by atoms with Gasteiger partial charge in [-0.3, -0.25) is 9.59 Å². The smallest absolute Gasteiger partial charge is 0.314 e. The van der Waals surface area contributed by atoms with Crippen molar-refractivity contribution >= 4 is 34.8 Å². The van der Waals surface area contributed by atoms with Gasteiger partial charge in [0.1, 0.15) is 5.75 Å². The maximum atomic E-state index is 11.9. The number of hydrogen-bond donors (Lipinski definition) is 3. The third-order valence-corrected chi connectivity index (χ3v) is 3.30. The van der Waals surface area contributed by atoms with Gasteiger partial charge in [0.25, 0.3) is 0 Å². The SMILES string of the molecule is Cc1cc(C)c(NC(=O)C(=O)Nc2ccc(O)cc2)c(Cl)c1. The van der Waals surface area contributed by atoms with E-state index in [1.54, 1.807) is 13.0 Å². The number of phenols is 1. The normalized spacial score (nSPS) is 10.1. The van der Waals surface area contributed by atoms with Gasteiger partial charge in [0, 0.05) is 5.69 Å². The third-order valence-electron chi connectivity index (χ3n) is 3.00. The molecule has 0 saturated heterocycles. The standard InChI is InChI=1S/C16H15ClN2O3/c1-9-7-10(2)14(13(17)8-9)19-16(22)15(21)18-11-3-5-12(20)6-4-11/h3-8,20H,1-2H3,(H,18,21)(H,19,22). The Morgan fingerprint density at radius 2 is 1.59 bits per heavy atom. The van der Waals surface area contributed by atoms with Gasteiger partial charge in [0.15, 0.2) is 0 Å². The number of aromatic hydroxyl groups is 1. The first-order valence-electron chi connectivity index (χ1n) is 6.55. The molecule has 0 aromatic heterocycles. The lowest BCUT2D eigenvalue weighted by Crippen LogP contribution is -2.29. The van der Waals surface area contributed by atoms with Crippen LogP contribution in [0, 0.1) is 13.8 Å². The summed E-state index contributed by atoms with van der Waals surface area (Å²) in [6, 6.07) is 9.37. The molecule has 22 heavy (non-hydrogen) atoms. The zero-order valence-electron chi connectivity index (χ0n) is 12.1. The molecule has 2 rings (SSSR count). The molecule has 6 heteroatoms. The summed E-state index contributed by atoms with van der Waals surface area (Å²) in [6.07, 6.45) is 0. The van der Waals surface area contributed by atoms with Gasteiger partial charge in [0.05, 0.1) is 10.7 Å². The minimum absolute atomic E-state index is 0.0736. The minimum Gasteiger partial charge on any atom is -0.508 e. The van der Waals surface area contributed by atoms with Crippen LogP contribution in [0.25, 0.3) is 0 Å². The highest BCUT2D eigenvalue weighted by atomic mass is 35.5. The molecule has 114 valence electrons. The predicted molar refractivity (Wildman–Crippen MR) is 86.3 cm³/mol. The Kier molecular flexibility index (Phi) is 4.68. The first-order chi connectivity index (χ1) is 10.4. The summed E-state index contributed by atoms with van der Waals surface area (Å²) in [7, 11) is 0. The average Bonchev–Trinajstić information content (AvgIpc) is 2.45. The highest BCUT2D eigenvalue weighted by Gasteiger charge is 2.17. The Hall–Kier alpha value is -2.53.